The van der Waals surface area contributed by atoms with E-state index in [1.807, 2.05) is 0 Å². The normalized spacial score (nSPS) is 31.0. The molecular weight excluding hydrogens is 316 g/mol. The Balaban J connectivity index is 2.79. The third-order valence-electron chi connectivity index (χ3n) is 3.42. The van der Waals surface area contributed by atoms with E-state index in [1.165, 1.54) is 0 Å². The van der Waals surface area contributed by atoms with Crippen LogP contribution in [0, 0.1) is 0 Å². The molecule has 10 heteroatoms. The van der Waals surface area contributed by atoms with Crippen LogP contribution >= 0.6 is 0 Å². The van der Waals surface area contributed by atoms with Gasteiger partial charge >= 0.3 is 11.9 Å². The van der Waals surface area contributed by atoms with E-state index in [0.717, 1.165) is 14.2 Å². The zero-order chi connectivity index (χ0) is 17.6. The van der Waals surface area contributed by atoms with E-state index in [9.17, 15) is 24.9 Å². The largest absolute Gasteiger partial charge is 0.469 e. The number of methoxy groups -OCH3 is 2. The van der Waals surface area contributed by atoms with Gasteiger partial charge in [0.2, 0.25) is 0 Å². The van der Waals surface area contributed by atoms with Crippen molar-refractivity contribution < 1.29 is 49.0 Å². The lowest BCUT2D eigenvalue weighted by molar-refractivity contribution is -0.311. The number of hydrogen-bond donors (Lipinski definition) is 4. The van der Waals surface area contributed by atoms with Crippen LogP contribution in [-0.4, -0.2) is 90.0 Å². The van der Waals surface area contributed by atoms with Crippen molar-refractivity contribution >= 4 is 11.9 Å². The minimum Gasteiger partial charge on any atom is -0.469 e. The topological polar surface area (TPSA) is 152 Å². The van der Waals surface area contributed by atoms with Crippen molar-refractivity contribution in [3.05, 3.63) is 0 Å². The Kier molecular flexibility index (Phi) is 7.82. The monoisotopic (exact) mass is 338 g/mol. The number of aliphatic hydroxyl groups excluding tert-OH is 4. The van der Waals surface area contributed by atoms with Gasteiger partial charge in [-0.15, -0.1) is 0 Å². The van der Waals surface area contributed by atoms with Gasteiger partial charge < -0.3 is 39.4 Å². The number of ether oxygens (including phenoxy) is 4. The van der Waals surface area contributed by atoms with Gasteiger partial charge in [-0.2, -0.15) is 0 Å². The molecular formula is C13H22O10. The predicted molar refractivity (Wildman–Crippen MR) is 71.9 cm³/mol. The SMILES string of the molecule is COC(=O)CC(CC(=O)OC)O[C@@H]1O[C@H](CO)[C@@H](O)[C@H](O)[C@H]1O. The Bertz CT molecular complexity index is 380. The van der Waals surface area contributed by atoms with Crippen molar-refractivity contribution in [1.82, 2.24) is 0 Å². The average Bonchev–Trinajstić information content (AvgIpc) is 2.54. The summed E-state index contributed by atoms with van der Waals surface area (Å²) in [7, 11) is 2.32. The first-order chi connectivity index (χ1) is 10.8. The molecule has 1 aliphatic rings. The summed E-state index contributed by atoms with van der Waals surface area (Å²) in [6.45, 7) is -0.622. The number of aliphatic hydroxyl groups is 4. The standard InChI is InChI=1S/C13H22O10/c1-20-8(15)3-6(4-9(16)21-2)22-13-12(19)11(18)10(17)7(5-14)23-13/h6-7,10-14,17-19H,3-5H2,1-2H3/t7-,10-,11+,12-,13-/m1/s1. The molecule has 0 radical (unpaired) electrons. The van der Waals surface area contributed by atoms with Gasteiger partial charge in [-0.3, -0.25) is 9.59 Å². The highest BCUT2D eigenvalue weighted by molar-refractivity contribution is 5.73. The molecule has 5 atom stereocenters. The molecule has 1 aliphatic heterocycles. The molecule has 0 aromatic carbocycles. The third kappa shape index (κ3) is 5.37. The van der Waals surface area contributed by atoms with Crippen LogP contribution in [-0.2, 0) is 28.5 Å². The van der Waals surface area contributed by atoms with Crippen molar-refractivity contribution in [3.63, 3.8) is 0 Å². The molecule has 1 fully saturated rings. The predicted octanol–water partition coefficient (Wildman–Crippen LogP) is -2.70. The summed E-state index contributed by atoms with van der Waals surface area (Å²) in [6, 6.07) is 0. The van der Waals surface area contributed by atoms with Crippen LogP contribution in [0.3, 0.4) is 0 Å². The van der Waals surface area contributed by atoms with E-state index >= 15 is 0 Å². The molecule has 0 spiro atoms. The highest BCUT2D eigenvalue weighted by atomic mass is 16.7. The van der Waals surface area contributed by atoms with E-state index in [2.05, 4.69) is 9.47 Å². The Labute approximate surface area is 132 Å². The van der Waals surface area contributed by atoms with Crippen LogP contribution in [0.25, 0.3) is 0 Å². The second-order valence-electron chi connectivity index (χ2n) is 5.02. The van der Waals surface area contributed by atoms with Crippen LogP contribution in [0.4, 0.5) is 0 Å². The lowest BCUT2D eigenvalue weighted by Crippen LogP contribution is -2.59. The summed E-state index contributed by atoms with van der Waals surface area (Å²) in [5.41, 5.74) is 0. The van der Waals surface area contributed by atoms with Crippen molar-refractivity contribution in [2.24, 2.45) is 0 Å². The maximum atomic E-state index is 11.4. The second kappa shape index (κ2) is 9.11. The molecule has 0 aromatic heterocycles. The number of carbonyl (C=O) groups is 2. The van der Waals surface area contributed by atoms with Gasteiger partial charge in [-0.1, -0.05) is 0 Å². The molecule has 134 valence electrons. The lowest BCUT2D eigenvalue weighted by atomic mass is 9.99. The summed E-state index contributed by atoms with van der Waals surface area (Å²) in [6.07, 6.45) is -9.08. The first-order valence-electron chi connectivity index (χ1n) is 6.93. The smallest absolute Gasteiger partial charge is 0.308 e. The molecule has 0 aromatic rings. The molecule has 10 nitrogen and oxygen atoms in total. The molecule has 1 saturated heterocycles. The second-order valence-corrected chi connectivity index (χ2v) is 5.02. The molecule has 1 rings (SSSR count). The molecule has 0 bridgehead atoms. The van der Waals surface area contributed by atoms with Crippen molar-refractivity contribution in [3.8, 4) is 0 Å². The van der Waals surface area contributed by atoms with Gasteiger partial charge in [0.25, 0.3) is 0 Å². The van der Waals surface area contributed by atoms with E-state index in [-0.39, 0.29) is 12.8 Å². The Morgan fingerprint density at radius 3 is 1.96 bits per heavy atom. The molecule has 0 unspecified atom stereocenters. The van der Waals surface area contributed by atoms with Gasteiger partial charge in [0.15, 0.2) is 6.29 Å². The van der Waals surface area contributed by atoms with Crippen LogP contribution in [0.5, 0.6) is 0 Å². The zero-order valence-corrected chi connectivity index (χ0v) is 12.8. The van der Waals surface area contributed by atoms with Crippen molar-refractivity contribution in [2.75, 3.05) is 20.8 Å². The maximum absolute atomic E-state index is 11.4. The minimum atomic E-state index is -1.63. The fourth-order valence-corrected chi connectivity index (χ4v) is 2.08. The summed E-state index contributed by atoms with van der Waals surface area (Å²) >= 11 is 0. The number of rotatable bonds is 7. The highest BCUT2D eigenvalue weighted by Crippen LogP contribution is 2.24. The van der Waals surface area contributed by atoms with Crippen molar-refractivity contribution in [1.29, 1.82) is 0 Å². The Morgan fingerprint density at radius 2 is 1.52 bits per heavy atom. The molecule has 0 amide bonds. The molecule has 4 N–H and O–H groups in total. The van der Waals surface area contributed by atoms with Gasteiger partial charge in [-0.05, 0) is 0 Å². The van der Waals surface area contributed by atoms with Crippen LogP contribution in [0.1, 0.15) is 12.8 Å². The minimum absolute atomic E-state index is 0.319. The molecule has 0 saturated carbocycles. The number of carbonyl (C=O) groups excluding carboxylic acids is 2. The van der Waals surface area contributed by atoms with E-state index in [4.69, 9.17) is 14.6 Å². The van der Waals surface area contributed by atoms with Crippen LogP contribution in [0.15, 0.2) is 0 Å². The Morgan fingerprint density at radius 1 is 1.00 bits per heavy atom. The maximum Gasteiger partial charge on any atom is 0.308 e. The Hall–Kier alpha value is -1.30. The lowest BCUT2D eigenvalue weighted by Gasteiger charge is -2.40. The van der Waals surface area contributed by atoms with Gasteiger partial charge in [-0.25, -0.2) is 0 Å². The van der Waals surface area contributed by atoms with Gasteiger partial charge in [0.05, 0.1) is 39.8 Å². The summed E-state index contributed by atoms with van der Waals surface area (Å²) < 4.78 is 19.5. The summed E-state index contributed by atoms with van der Waals surface area (Å²) in [5.74, 6) is -1.33. The molecule has 1 heterocycles. The van der Waals surface area contributed by atoms with E-state index in [0.29, 0.717) is 0 Å². The van der Waals surface area contributed by atoms with Crippen LogP contribution < -0.4 is 0 Å². The van der Waals surface area contributed by atoms with E-state index < -0.39 is 55.4 Å². The number of hydrogen-bond acceptors (Lipinski definition) is 10. The van der Waals surface area contributed by atoms with Crippen LogP contribution in [0.2, 0.25) is 0 Å². The van der Waals surface area contributed by atoms with Gasteiger partial charge in [0, 0.05) is 0 Å². The summed E-state index contributed by atoms with van der Waals surface area (Å²) in [4.78, 5) is 22.7. The third-order valence-corrected chi connectivity index (χ3v) is 3.42. The zero-order valence-electron chi connectivity index (χ0n) is 12.8. The fourth-order valence-electron chi connectivity index (χ4n) is 2.08. The first kappa shape index (κ1) is 19.7. The molecule has 0 aliphatic carbocycles. The quantitative estimate of drug-likeness (QED) is 0.361. The highest BCUT2D eigenvalue weighted by Gasteiger charge is 2.45. The van der Waals surface area contributed by atoms with E-state index in [1.54, 1.807) is 0 Å². The molecule has 23 heavy (non-hydrogen) atoms. The fraction of sp³-hybridized carbons (Fsp3) is 0.846. The van der Waals surface area contributed by atoms with Crippen molar-refractivity contribution in [2.45, 2.75) is 49.7 Å². The first-order valence-corrected chi connectivity index (χ1v) is 6.93. The number of esters is 2. The average molecular weight is 338 g/mol. The summed E-state index contributed by atoms with van der Waals surface area (Å²) in [5, 5.41) is 38.3. The van der Waals surface area contributed by atoms with Gasteiger partial charge in [0.1, 0.15) is 24.4 Å².